The van der Waals surface area contributed by atoms with E-state index in [1.54, 1.807) is 0 Å². The topological polar surface area (TPSA) is 41.6 Å². The Morgan fingerprint density at radius 1 is 0.319 bits per heavy atom. The highest BCUT2D eigenvalue weighted by Gasteiger charge is 2.51. The van der Waals surface area contributed by atoms with Gasteiger partial charge in [-0.3, -0.25) is 0 Å². The van der Waals surface area contributed by atoms with Gasteiger partial charge in [-0.2, -0.15) is 0 Å². The Labute approximate surface area is 536 Å². The van der Waals surface area contributed by atoms with Gasteiger partial charge >= 0.3 is 0 Å². The standard InChI is InChI=1S/C43H29NO.C24H17NO.C19H13Br/c1-2-11-28(12-3-1)31-15-4-6-20-38(31)44(39-21-10-18-35-33-16-5-7-22-40(33)45-42(35)39)30-23-24-32-34-17-8-13-29-14-9-19-36(41(29)34)43(25-26-43)37(32)27-30;1-2-9-17(10-3-1)18-11-4-6-14-21(18)25-22-15-8-13-20-19-12-5-7-16-23(19)26-24(20)22;20-13-7-8-14-15-5-1-3-12-4-2-6-16(18(12)15)19(9-10-19)17(14)11-13/h1-24,27H,25-26H2;1-16,25H;1-8,11H,9-10H2. The van der Waals surface area contributed by atoms with Crippen molar-refractivity contribution in [2.24, 2.45) is 0 Å². The normalized spacial score (nSPS) is 14.0. The summed E-state index contributed by atoms with van der Waals surface area (Å²) in [7, 11) is 0. The molecule has 2 saturated carbocycles. The Hall–Kier alpha value is -10.7. The van der Waals surface area contributed by atoms with E-state index in [0.717, 1.165) is 72.3 Å². The number of anilines is 5. The van der Waals surface area contributed by atoms with E-state index in [9.17, 15) is 0 Å². The molecular formula is C86H59BrN2O2. The molecular weight excluding hydrogens is 1170 g/mol. The second kappa shape index (κ2) is 21.2. The van der Waals surface area contributed by atoms with E-state index in [4.69, 9.17) is 8.83 Å². The second-order valence-corrected chi connectivity index (χ2v) is 25.7. The Morgan fingerprint density at radius 2 is 0.769 bits per heavy atom. The highest BCUT2D eigenvalue weighted by atomic mass is 79.9. The number of halogens is 1. The summed E-state index contributed by atoms with van der Waals surface area (Å²) in [6, 6.07) is 109. The van der Waals surface area contributed by atoms with Gasteiger partial charge in [0.05, 0.1) is 17.1 Å². The molecule has 1 N–H and O–H groups in total. The van der Waals surface area contributed by atoms with Crippen molar-refractivity contribution in [2.45, 2.75) is 36.5 Å². The number of hydrogen-bond acceptors (Lipinski definition) is 4. The lowest BCUT2D eigenvalue weighted by atomic mass is 9.74. The first-order chi connectivity index (χ1) is 45.0. The van der Waals surface area contributed by atoms with Gasteiger partial charge in [0, 0.05) is 59.3 Å². The maximum atomic E-state index is 6.66. The van der Waals surface area contributed by atoms with E-state index in [1.807, 2.05) is 36.4 Å². The fourth-order valence-corrected chi connectivity index (χ4v) is 15.7. The highest BCUT2D eigenvalue weighted by Crippen LogP contribution is 2.63. The van der Waals surface area contributed by atoms with Crippen LogP contribution in [0, 0.1) is 0 Å². The maximum absolute atomic E-state index is 6.66. The summed E-state index contributed by atoms with van der Waals surface area (Å²) < 4.78 is 14.0. The van der Waals surface area contributed by atoms with Crippen molar-refractivity contribution >= 4 is 110 Å². The van der Waals surface area contributed by atoms with E-state index in [-0.39, 0.29) is 10.8 Å². The summed E-state index contributed by atoms with van der Waals surface area (Å²) in [6.07, 6.45) is 4.92. The maximum Gasteiger partial charge on any atom is 0.159 e. The molecule has 2 heterocycles. The van der Waals surface area contributed by atoms with Crippen LogP contribution < -0.4 is 10.2 Å². The number of rotatable bonds is 7. The Balaban J connectivity index is 0.000000112. The fourth-order valence-electron chi connectivity index (χ4n) is 15.3. The van der Waals surface area contributed by atoms with Gasteiger partial charge in [-0.1, -0.05) is 259 Å². The molecule has 4 aliphatic carbocycles. The van der Waals surface area contributed by atoms with Crippen molar-refractivity contribution in [3.05, 3.63) is 330 Å². The first kappa shape index (κ1) is 53.3. The van der Waals surface area contributed by atoms with Crippen LogP contribution in [0.25, 0.3) is 110 Å². The van der Waals surface area contributed by atoms with Crippen molar-refractivity contribution in [2.75, 3.05) is 10.2 Å². The first-order valence-electron chi connectivity index (χ1n) is 31.7. The molecule has 5 heteroatoms. The van der Waals surface area contributed by atoms with E-state index in [2.05, 4.69) is 293 Å². The Kier molecular flexibility index (Phi) is 12.4. The number of nitrogens with one attached hydrogen (secondary N) is 1. The number of benzene rings is 14. The molecule has 0 amide bonds. The smallest absolute Gasteiger partial charge is 0.159 e. The number of fused-ring (bicyclic) bond motifs is 14. The molecule has 20 rings (SSSR count). The third kappa shape index (κ3) is 8.70. The van der Waals surface area contributed by atoms with Crippen molar-refractivity contribution in [1.82, 2.24) is 0 Å². The lowest BCUT2D eigenvalue weighted by Gasteiger charge is -2.32. The average Bonchev–Trinajstić information content (AvgIpc) is 1.60. The minimum absolute atomic E-state index is 0.0647. The van der Waals surface area contributed by atoms with Crippen LogP contribution in [0.5, 0.6) is 0 Å². The Morgan fingerprint density at radius 3 is 1.41 bits per heavy atom. The second-order valence-electron chi connectivity index (χ2n) is 24.8. The van der Waals surface area contributed by atoms with Crippen molar-refractivity contribution in [3.8, 4) is 44.5 Å². The third-order valence-corrected chi connectivity index (χ3v) is 20.2. The van der Waals surface area contributed by atoms with Crippen LogP contribution in [0.15, 0.2) is 317 Å². The molecule has 2 fully saturated rings. The summed E-state index contributed by atoms with van der Waals surface area (Å²) in [5.41, 5.74) is 25.5. The predicted octanol–water partition coefficient (Wildman–Crippen LogP) is 24.6. The van der Waals surface area contributed by atoms with Gasteiger partial charge < -0.3 is 19.1 Å². The zero-order chi connectivity index (χ0) is 60.2. The SMILES string of the molecule is Brc1ccc2c(c1)C1(CC1)c1cccc3cccc-2c13.c1ccc(-c2ccccc2N(c2ccc3c(c2)C2(CC2)c2cccc4cccc-3c24)c2cccc3c2oc2ccccc23)cc1.c1ccc(-c2ccccc2Nc2cccc3c2oc2ccccc23)cc1. The van der Waals surface area contributed by atoms with Gasteiger partial charge in [0.2, 0.25) is 0 Å². The number of furan rings is 2. The van der Waals surface area contributed by atoms with Gasteiger partial charge in [-0.25, -0.2) is 0 Å². The van der Waals surface area contributed by atoms with Gasteiger partial charge in [-0.15, -0.1) is 0 Å². The highest BCUT2D eigenvalue weighted by molar-refractivity contribution is 9.10. The van der Waals surface area contributed by atoms with Crippen molar-refractivity contribution in [1.29, 1.82) is 0 Å². The molecule has 0 saturated heterocycles. The van der Waals surface area contributed by atoms with E-state index < -0.39 is 0 Å². The van der Waals surface area contributed by atoms with E-state index in [0.29, 0.717) is 0 Å². The zero-order valence-electron chi connectivity index (χ0n) is 49.8. The molecule has 2 spiro atoms. The van der Waals surface area contributed by atoms with E-state index >= 15 is 0 Å². The zero-order valence-corrected chi connectivity index (χ0v) is 51.4. The average molecular weight is 1230 g/mol. The molecule has 16 aromatic rings. The fraction of sp³-hybridized carbons (Fsp3) is 0.0698. The molecule has 4 nitrogen and oxygen atoms in total. The van der Waals surface area contributed by atoms with E-state index in [1.165, 1.54) is 118 Å². The van der Waals surface area contributed by atoms with Gasteiger partial charge in [0.15, 0.2) is 11.2 Å². The molecule has 0 radical (unpaired) electrons. The summed E-state index contributed by atoms with van der Waals surface area (Å²) in [4.78, 5) is 2.42. The van der Waals surface area contributed by atoms with Crippen LogP contribution in [0.4, 0.5) is 28.4 Å². The molecule has 2 aromatic heterocycles. The first-order valence-corrected chi connectivity index (χ1v) is 32.5. The van der Waals surface area contributed by atoms with Crippen molar-refractivity contribution in [3.63, 3.8) is 0 Å². The van der Waals surface area contributed by atoms with Gasteiger partial charge in [-0.05, 0) is 164 Å². The summed E-state index contributed by atoms with van der Waals surface area (Å²) in [5.74, 6) is 0. The molecule has 0 unspecified atom stereocenters. The van der Waals surface area contributed by atoms with Gasteiger partial charge in [0.25, 0.3) is 0 Å². The number of hydrogen-bond donors (Lipinski definition) is 1. The molecule has 0 atom stereocenters. The van der Waals surface area contributed by atoms with Crippen molar-refractivity contribution < 1.29 is 8.83 Å². The lowest BCUT2D eigenvalue weighted by molar-refractivity contribution is 0.669. The molecule has 91 heavy (non-hydrogen) atoms. The molecule has 0 aliphatic heterocycles. The summed E-state index contributed by atoms with van der Waals surface area (Å²) in [6.45, 7) is 0. The Bertz CT molecular complexity index is 5550. The van der Waals surface area contributed by atoms with Crippen LogP contribution in [0.3, 0.4) is 0 Å². The molecule has 432 valence electrons. The van der Waals surface area contributed by atoms with Crippen LogP contribution in [-0.2, 0) is 10.8 Å². The summed E-state index contributed by atoms with van der Waals surface area (Å²) in [5, 5.41) is 13.7. The number of para-hydroxylation sites is 6. The lowest BCUT2D eigenvalue weighted by Crippen LogP contribution is -2.17. The molecule has 0 bridgehead atoms. The number of nitrogens with zero attached hydrogens (tertiary/aromatic N) is 1. The molecule has 14 aromatic carbocycles. The minimum atomic E-state index is 0.0647. The van der Waals surface area contributed by atoms with Gasteiger partial charge in [0.1, 0.15) is 11.2 Å². The largest absolute Gasteiger partial charge is 0.454 e. The third-order valence-electron chi connectivity index (χ3n) is 19.7. The predicted molar refractivity (Wildman–Crippen MR) is 383 cm³/mol. The molecule has 4 aliphatic rings. The van der Waals surface area contributed by atoms with Crippen LogP contribution in [0.2, 0.25) is 0 Å². The summed E-state index contributed by atoms with van der Waals surface area (Å²) >= 11 is 3.65. The monoisotopic (exact) mass is 1230 g/mol. The van der Waals surface area contributed by atoms with Crippen LogP contribution in [-0.4, -0.2) is 0 Å². The van der Waals surface area contributed by atoms with Crippen LogP contribution >= 0.6 is 15.9 Å². The quantitative estimate of drug-likeness (QED) is 0.173. The minimum Gasteiger partial charge on any atom is -0.454 e. The van der Waals surface area contributed by atoms with Crippen LogP contribution in [0.1, 0.15) is 47.9 Å².